The molecule has 1 aromatic carbocycles. The summed E-state index contributed by atoms with van der Waals surface area (Å²) in [6, 6.07) is 5.87. The van der Waals surface area contributed by atoms with E-state index in [0.29, 0.717) is 12.2 Å². The van der Waals surface area contributed by atoms with E-state index in [4.69, 9.17) is 27.9 Å². The number of methoxy groups -OCH3 is 1. The van der Waals surface area contributed by atoms with Gasteiger partial charge in [-0.1, -0.05) is 42.0 Å². The van der Waals surface area contributed by atoms with Crippen molar-refractivity contribution in [3.8, 4) is 5.75 Å². The van der Waals surface area contributed by atoms with E-state index in [0.717, 1.165) is 23.6 Å². The number of carbonyl (C=O) groups excluding carboxylic acids is 2. The Labute approximate surface area is 258 Å². The van der Waals surface area contributed by atoms with Crippen molar-refractivity contribution in [3.05, 3.63) is 77.1 Å². The lowest BCUT2D eigenvalue weighted by molar-refractivity contribution is -0.174. The maximum Gasteiger partial charge on any atom is 0.471 e. The number of amides is 2. The molecule has 2 N–H and O–H groups in total. The van der Waals surface area contributed by atoms with Gasteiger partial charge in [-0.2, -0.15) is 13.2 Å². The molecule has 234 valence electrons. The Kier molecular flexibility index (Phi) is 12.4. The van der Waals surface area contributed by atoms with E-state index in [1.54, 1.807) is 44.4 Å². The van der Waals surface area contributed by atoms with Crippen LogP contribution in [0.1, 0.15) is 50.6 Å². The van der Waals surface area contributed by atoms with Crippen LogP contribution in [0, 0.1) is 29.5 Å². The molecular formula is C30H34Cl2F4N4O3. The van der Waals surface area contributed by atoms with E-state index in [1.807, 2.05) is 5.32 Å². The van der Waals surface area contributed by atoms with E-state index in [9.17, 15) is 27.2 Å². The molecule has 2 saturated carbocycles. The molecule has 6 atom stereocenters. The molecule has 43 heavy (non-hydrogen) atoms. The fraction of sp³-hybridized carbons (Fsp3) is 0.467. The number of nitrogens with one attached hydrogen (secondary N) is 2. The van der Waals surface area contributed by atoms with Gasteiger partial charge in [0.05, 0.1) is 25.3 Å². The predicted octanol–water partition coefficient (Wildman–Crippen LogP) is 7.03. The minimum absolute atomic E-state index is 0.0543. The van der Waals surface area contributed by atoms with Gasteiger partial charge in [0.25, 0.3) is 0 Å². The average Bonchev–Trinajstić information content (AvgIpc) is 3.73. The maximum absolute atomic E-state index is 12.7. The van der Waals surface area contributed by atoms with Gasteiger partial charge >= 0.3 is 12.1 Å². The summed E-state index contributed by atoms with van der Waals surface area (Å²) < 4.78 is 55.0. The van der Waals surface area contributed by atoms with Crippen molar-refractivity contribution in [2.45, 2.75) is 57.3 Å². The first kappa shape index (κ1) is 34.3. The fourth-order valence-corrected chi connectivity index (χ4v) is 5.72. The van der Waals surface area contributed by atoms with Crippen molar-refractivity contribution in [2.75, 3.05) is 7.11 Å². The summed E-state index contributed by atoms with van der Waals surface area (Å²) in [4.78, 5) is 30.7. The summed E-state index contributed by atoms with van der Waals surface area (Å²) in [5.74, 6) is -1.54. The van der Waals surface area contributed by atoms with Crippen LogP contribution in [0.3, 0.4) is 0 Å². The molecule has 2 fully saturated rings. The van der Waals surface area contributed by atoms with Gasteiger partial charge in [0.2, 0.25) is 11.2 Å². The van der Waals surface area contributed by atoms with Crippen molar-refractivity contribution in [1.29, 1.82) is 0 Å². The van der Waals surface area contributed by atoms with E-state index in [1.165, 1.54) is 19.3 Å². The number of aromatic nitrogens is 2. The minimum atomic E-state index is -4.98. The van der Waals surface area contributed by atoms with Crippen LogP contribution in [0.25, 0.3) is 0 Å². The van der Waals surface area contributed by atoms with Crippen LogP contribution in [-0.2, 0) is 9.59 Å². The molecule has 7 nitrogen and oxygen atoms in total. The standard InChI is InChI=1S/C19H23F3N2O3.C7H10.C4HCl2FN2/c1-4-12-7-10-15(24-18(26)19(20,21)22)16(12)17(25)23-11(2)13-5-8-14(27-3)9-6-13;1-2-7-4-3-6(1)5-7;5-3-2(7)1-8-4(6)9-3/h4-6,8-9,11-12,15-16H,1,7,10H2,2-3H3,(H,23,25)(H,24,26);1-2,6-7H,3-5H2;1H/t11-,12-,15+,16-;6-,7+;/m1../s1. The number of fused-ring (bicyclic) bond motifs is 2. The van der Waals surface area contributed by atoms with Crippen molar-refractivity contribution >= 4 is 35.0 Å². The van der Waals surface area contributed by atoms with Crippen molar-refractivity contribution in [3.63, 3.8) is 0 Å². The third kappa shape index (κ3) is 9.92. The summed E-state index contributed by atoms with van der Waals surface area (Å²) in [6.45, 7) is 5.44. The fourth-order valence-electron chi connectivity index (χ4n) is 5.41. The number of nitrogens with zero attached hydrogens (tertiary/aromatic N) is 2. The highest BCUT2D eigenvalue weighted by molar-refractivity contribution is 6.31. The zero-order valence-corrected chi connectivity index (χ0v) is 25.2. The Morgan fingerprint density at radius 3 is 2.16 bits per heavy atom. The predicted molar refractivity (Wildman–Crippen MR) is 156 cm³/mol. The van der Waals surface area contributed by atoms with Gasteiger partial charge in [-0.25, -0.2) is 14.4 Å². The number of halogens is 6. The lowest BCUT2D eigenvalue weighted by Crippen LogP contribution is -2.49. The largest absolute Gasteiger partial charge is 0.497 e. The van der Waals surface area contributed by atoms with Crippen LogP contribution in [0.15, 0.2) is 55.3 Å². The lowest BCUT2D eigenvalue weighted by Gasteiger charge is -2.26. The number of allylic oxidation sites excluding steroid dienone is 3. The van der Waals surface area contributed by atoms with Gasteiger partial charge in [0.1, 0.15) is 5.75 Å². The molecule has 0 aliphatic heterocycles. The van der Waals surface area contributed by atoms with Crippen LogP contribution < -0.4 is 15.4 Å². The highest BCUT2D eigenvalue weighted by atomic mass is 35.5. The normalized spacial score (nSPS) is 24.1. The van der Waals surface area contributed by atoms with Gasteiger partial charge in [0.15, 0.2) is 11.0 Å². The van der Waals surface area contributed by atoms with Gasteiger partial charge in [-0.05, 0) is 86.1 Å². The van der Waals surface area contributed by atoms with E-state index >= 15 is 0 Å². The Hall–Kier alpha value is -3.18. The monoisotopic (exact) mass is 644 g/mol. The maximum atomic E-state index is 12.7. The number of alkyl halides is 3. The van der Waals surface area contributed by atoms with Gasteiger partial charge in [-0.3, -0.25) is 9.59 Å². The highest BCUT2D eigenvalue weighted by Crippen LogP contribution is 2.38. The Morgan fingerprint density at radius 1 is 1.09 bits per heavy atom. The second-order valence-electron chi connectivity index (χ2n) is 10.6. The summed E-state index contributed by atoms with van der Waals surface area (Å²) in [6.07, 6.45) is 7.45. The number of rotatable bonds is 6. The lowest BCUT2D eigenvalue weighted by atomic mass is 9.92. The zero-order chi connectivity index (χ0) is 31.7. The molecule has 0 unspecified atom stereocenters. The molecule has 1 aromatic heterocycles. The third-order valence-electron chi connectivity index (χ3n) is 7.70. The molecule has 3 aliphatic rings. The Morgan fingerprint density at radius 2 is 1.72 bits per heavy atom. The topological polar surface area (TPSA) is 93.2 Å². The van der Waals surface area contributed by atoms with Crippen LogP contribution >= 0.6 is 23.2 Å². The molecule has 2 aromatic rings. The average molecular weight is 646 g/mol. The van der Waals surface area contributed by atoms with Gasteiger partial charge < -0.3 is 15.4 Å². The molecule has 1 heterocycles. The first-order valence-corrected chi connectivity index (χ1v) is 14.5. The summed E-state index contributed by atoms with van der Waals surface area (Å²) >= 11 is 10.4. The Balaban J connectivity index is 0.000000252. The Bertz CT molecular complexity index is 1280. The minimum Gasteiger partial charge on any atom is -0.497 e. The van der Waals surface area contributed by atoms with Crippen molar-refractivity contribution in [1.82, 2.24) is 20.6 Å². The SMILES string of the molecule is C1=C[C@H]2CC[C@@H]1C2.C=C[C@@H]1CC[C@H](NC(=O)C(F)(F)F)[C@@H]1C(=O)N[C@H](C)c1ccc(OC)cc1.Fc1cnc(Cl)nc1Cl. The summed E-state index contributed by atoms with van der Waals surface area (Å²) in [5, 5.41) is 4.47. The van der Waals surface area contributed by atoms with Gasteiger partial charge in [0, 0.05) is 6.04 Å². The number of benzene rings is 1. The van der Waals surface area contributed by atoms with E-state index < -0.39 is 35.8 Å². The molecule has 0 spiro atoms. The molecular weight excluding hydrogens is 611 g/mol. The van der Waals surface area contributed by atoms with Crippen molar-refractivity contribution in [2.24, 2.45) is 23.7 Å². The highest BCUT2D eigenvalue weighted by Gasteiger charge is 2.45. The second kappa shape index (κ2) is 15.5. The first-order valence-electron chi connectivity index (χ1n) is 13.8. The molecule has 13 heteroatoms. The van der Waals surface area contributed by atoms with Crippen LogP contribution in [0.5, 0.6) is 5.75 Å². The number of hydrogen-bond donors (Lipinski definition) is 2. The summed E-state index contributed by atoms with van der Waals surface area (Å²) in [5.41, 5.74) is 0.827. The van der Waals surface area contributed by atoms with Crippen molar-refractivity contribution < 1.29 is 31.9 Å². The smallest absolute Gasteiger partial charge is 0.471 e. The molecule has 3 aliphatic carbocycles. The van der Waals surface area contributed by atoms with Crippen LogP contribution in [0.2, 0.25) is 10.4 Å². The third-order valence-corrected chi connectivity index (χ3v) is 8.15. The molecule has 0 saturated heterocycles. The van der Waals surface area contributed by atoms with E-state index in [2.05, 4.69) is 34.0 Å². The van der Waals surface area contributed by atoms with Crippen LogP contribution in [-0.4, -0.2) is 41.1 Å². The van der Waals surface area contributed by atoms with Crippen LogP contribution in [0.4, 0.5) is 17.6 Å². The molecule has 0 radical (unpaired) electrons. The second-order valence-corrected chi connectivity index (χ2v) is 11.3. The molecule has 2 amide bonds. The summed E-state index contributed by atoms with van der Waals surface area (Å²) in [7, 11) is 1.55. The van der Waals surface area contributed by atoms with E-state index in [-0.39, 0.29) is 28.8 Å². The number of carbonyl (C=O) groups is 2. The quantitative estimate of drug-likeness (QED) is 0.152. The number of ether oxygens (including phenoxy) is 1. The molecule has 2 bridgehead atoms. The first-order chi connectivity index (χ1) is 20.3. The molecule has 5 rings (SSSR count). The number of hydrogen-bond acceptors (Lipinski definition) is 5. The zero-order valence-electron chi connectivity index (χ0n) is 23.7. The van der Waals surface area contributed by atoms with Gasteiger partial charge in [-0.15, -0.1) is 6.58 Å².